The third kappa shape index (κ3) is 4.25. The van der Waals surface area contributed by atoms with Gasteiger partial charge in [0.05, 0.1) is 6.10 Å². The van der Waals surface area contributed by atoms with Crippen LogP contribution in [0.4, 0.5) is 22.0 Å². The van der Waals surface area contributed by atoms with Gasteiger partial charge in [-0.15, -0.1) is 13.2 Å². The van der Waals surface area contributed by atoms with Gasteiger partial charge in [-0.05, 0) is 74.0 Å². The van der Waals surface area contributed by atoms with Crippen molar-refractivity contribution in [3.8, 4) is 5.75 Å². The number of methoxy groups -OCH3 is 1. The summed E-state index contributed by atoms with van der Waals surface area (Å²) >= 11 is 0. The average molecular weight is 364 g/mol. The van der Waals surface area contributed by atoms with Crippen LogP contribution in [0, 0.1) is 23.5 Å². The van der Waals surface area contributed by atoms with E-state index in [2.05, 4.69) is 4.74 Å². The van der Waals surface area contributed by atoms with Crippen LogP contribution in [0.2, 0.25) is 0 Å². The first-order valence-corrected chi connectivity index (χ1v) is 8.54. The molecule has 2 aliphatic carbocycles. The molecule has 4 unspecified atom stereocenters. The van der Waals surface area contributed by atoms with Crippen LogP contribution in [-0.4, -0.2) is 19.6 Å². The molecule has 7 heteroatoms. The van der Waals surface area contributed by atoms with Gasteiger partial charge in [0.1, 0.15) is 0 Å². The smallest absolute Gasteiger partial charge is 0.399 e. The Labute approximate surface area is 143 Å². The molecule has 0 saturated heterocycles. The fourth-order valence-corrected chi connectivity index (χ4v) is 4.39. The van der Waals surface area contributed by atoms with E-state index in [0.717, 1.165) is 50.7 Å². The fraction of sp³-hybridized carbons (Fsp3) is 0.667. The third-order valence-electron chi connectivity index (χ3n) is 5.61. The van der Waals surface area contributed by atoms with Crippen molar-refractivity contribution < 1.29 is 31.4 Å². The van der Waals surface area contributed by atoms with Crippen molar-refractivity contribution in [1.29, 1.82) is 0 Å². The van der Waals surface area contributed by atoms with Crippen molar-refractivity contribution in [2.24, 2.45) is 11.8 Å². The second-order valence-corrected chi connectivity index (χ2v) is 7.06. The van der Waals surface area contributed by atoms with Crippen LogP contribution >= 0.6 is 0 Å². The second-order valence-electron chi connectivity index (χ2n) is 7.06. The lowest BCUT2D eigenvalue weighted by Crippen LogP contribution is -2.33. The highest BCUT2D eigenvalue weighted by atomic mass is 19.4. The van der Waals surface area contributed by atoms with E-state index in [4.69, 9.17) is 4.74 Å². The van der Waals surface area contributed by atoms with Gasteiger partial charge in [0.2, 0.25) is 5.75 Å². The standard InChI is InChI=1S/C18H21F5O2/c1-24-14-5-4-10-6-11(2-3-12(10)7-14)13-8-15(19)17(16(20)9-13)25-18(21,22)23/h8-12,14H,2-7H2,1H3. The van der Waals surface area contributed by atoms with Gasteiger partial charge in [-0.3, -0.25) is 0 Å². The molecule has 140 valence electrons. The maximum atomic E-state index is 13.9. The second kappa shape index (κ2) is 7.09. The molecule has 1 aromatic rings. The van der Waals surface area contributed by atoms with Gasteiger partial charge in [0.15, 0.2) is 11.6 Å². The maximum absolute atomic E-state index is 13.9. The molecule has 4 atom stereocenters. The topological polar surface area (TPSA) is 18.5 Å². The number of ether oxygens (including phenoxy) is 2. The molecule has 0 radical (unpaired) electrons. The van der Waals surface area contributed by atoms with Gasteiger partial charge in [-0.25, -0.2) is 8.78 Å². The molecular formula is C18H21F5O2. The van der Waals surface area contributed by atoms with Crippen LogP contribution in [0.1, 0.15) is 50.0 Å². The Bertz CT molecular complexity index is 593. The molecule has 2 nitrogen and oxygen atoms in total. The molecule has 0 heterocycles. The molecular weight excluding hydrogens is 343 g/mol. The van der Waals surface area contributed by atoms with Crippen molar-refractivity contribution in [3.05, 3.63) is 29.3 Å². The lowest BCUT2D eigenvalue weighted by atomic mass is 9.65. The Kier molecular flexibility index (Phi) is 5.23. The molecule has 0 N–H and O–H groups in total. The quantitative estimate of drug-likeness (QED) is 0.654. The van der Waals surface area contributed by atoms with Gasteiger partial charge in [0.25, 0.3) is 0 Å². The predicted molar refractivity (Wildman–Crippen MR) is 81.3 cm³/mol. The van der Waals surface area contributed by atoms with Gasteiger partial charge in [0, 0.05) is 7.11 Å². The molecule has 0 aliphatic heterocycles. The molecule has 25 heavy (non-hydrogen) atoms. The Balaban J connectivity index is 1.73. The highest BCUT2D eigenvalue weighted by Crippen LogP contribution is 2.47. The van der Waals surface area contributed by atoms with E-state index in [1.165, 1.54) is 0 Å². The molecule has 3 rings (SSSR count). The van der Waals surface area contributed by atoms with Crippen LogP contribution in [0.25, 0.3) is 0 Å². The van der Waals surface area contributed by atoms with Crippen molar-refractivity contribution in [2.45, 2.75) is 56.9 Å². The van der Waals surface area contributed by atoms with E-state index < -0.39 is 23.7 Å². The van der Waals surface area contributed by atoms with E-state index >= 15 is 0 Å². The summed E-state index contributed by atoms with van der Waals surface area (Å²) in [5.41, 5.74) is 0.414. The molecule has 0 spiro atoms. The lowest BCUT2D eigenvalue weighted by molar-refractivity contribution is -0.276. The molecule has 0 aromatic heterocycles. The van der Waals surface area contributed by atoms with Crippen LogP contribution in [0.5, 0.6) is 5.75 Å². The lowest BCUT2D eigenvalue weighted by Gasteiger charge is -2.42. The minimum absolute atomic E-state index is 0.0377. The summed E-state index contributed by atoms with van der Waals surface area (Å²) in [6.45, 7) is 0. The number of rotatable bonds is 3. The summed E-state index contributed by atoms with van der Waals surface area (Å²) in [6, 6.07) is 1.96. The first kappa shape index (κ1) is 18.4. The zero-order valence-corrected chi connectivity index (χ0v) is 13.9. The van der Waals surface area contributed by atoms with Crippen molar-refractivity contribution in [3.63, 3.8) is 0 Å². The van der Waals surface area contributed by atoms with E-state index in [1.54, 1.807) is 7.11 Å². The zero-order valence-electron chi connectivity index (χ0n) is 13.9. The minimum atomic E-state index is -5.12. The van der Waals surface area contributed by atoms with E-state index in [9.17, 15) is 22.0 Å². The first-order chi connectivity index (χ1) is 11.8. The normalized spacial score (nSPS) is 30.0. The van der Waals surface area contributed by atoms with Crippen molar-refractivity contribution in [1.82, 2.24) is 0 Å². The molecule has 2 aliphatic rings. The van der Waals surface area contributed by atoms with Crippen LogP contribution in [0.3, 0.4) is 0 Å². The maximum Gasteiger partial charge on any atom is 0.573 e. The highest BCUT2D eigenvalue weighted by Gasteiger charge is 2.37. The van der Waals surface area contributed by atoms with Gasteiger partial charge < -0.3 is 9.47 Å². The number of halogens is 5. The Morgan fingerprint density at radius 2 is 1.52 bits per heavy atom. The van der Waals surface area contributed by atoms with Crippen LogP contribution < -0.4 is 4.74 Å². The summed E-state index contributed by atoms with van der Waals surface area (Å²) in [5.74, 6) is -3.01. The van der Waals surface area contributed by atoms with E-state index in [0.29, 0.717) is 17.4 Å². The Hall–Kier alpha value is -1.37. The molecule has 2 fully saturated rings. The minimum Gasteiger partial charge on any atom is -0.399 e. The third-order valence-corrected chi connectivity index (χ3v) is 5.61. The van der Waals surface area contributed by atoms with E-state index in [-0.39, 0.29) is 12.0 Å². The summed E-state index contributed by atoms with van der Waals surface area (Å²) < 4.78 is 73.5. The predicted octanol–water partition coefficient (Wildman–Crippen LogP) is 5.56. The molecule has 1 aromatic carbocycles. The van der Waals surface area contributed by atoms with Gasteiger partial charge >= 0.3 is 6.36 Å². The molecule has 0 amide bonds. The fourth-order valence-electron chi connectivity index (χ4n) is 4.39. The number of hydrogen-bond donors (Lipinski definition) is 0. The largest absolute Gasteiger partial charge is 0.573 e. The van der Waals surface area contributed by atoms with Crippen LogP contribution in [-0.2, 0) is 4.74 Å². The number of hydrogen-bond acceptors (Lipinski definition) is 2. The monoisotopic (exact) mass is 364 g/mol. The number of alkyl halides is 3. The summed E-state index contributed by atoms with van der Waals surface area (Å²) in [6.07, 6.45) is 0.683. The first-order valence-electron chi connectivity index (χ1n) is 8.54. The van der Waals surface area contributed by atoms with Gasteiger partial charge in [-0.2, -0.15) is 0 Å². The van der Waals surface area contributed by atoms with Crippen LogP contribution in [0.15, 0.2) is 12.1 Å². The highest BCUT2D eigenvalue weighted by molar-refractivity contribution is 5.33. The van der Waals surface area contributed by atoms with Crippen molar-refractivity contribution in [2.75, 3.05) is 7.11 Å². The number of benzene rings is 1. The van der Waals surface area contributed by atoms with E-state index in [1.807, 2.05) is 0 Å². The SMILES string of the molecule is COC1CCC2CC(c3cc(F)c(OC(F)(F)F)c(F)c3)CCC2C1. The summed E-state index contributed by atoms with van der Waals surface area (Å²) in [7, 11) is 1.72. The molecule has 2 saturated carbocycles. The van der Waals surface area contributed by atoms with Crippen molar-refractivity contribution >= 4 is 0 Å². The molecule has 0 bridgehead atoms. The summed E-state index contributed by atoms with van der Waals surface area (Å²) in [4.78, 5) is 0. The zero-order chi connectivity index (χ0) is 18.2. The average Bonchev–Trinajstić information content (AvgIpc) is 2.56. The summed E-state index contributed by atoms with van der Waals surface area (Å²) in [5, 5.41) is 0. The Morgan fingerprint density at radius 3 is 2.12 bits per heavy atom. The Morgan fingerprint density at radius 1 is 0.920 bits per heavy atom. The van der Waals surface area contributed by atoms with Gasteiger partial charge in [-0.1, -0.05) is 0 Å². The number of fused-ring (bicyclic) bond motifs is 1.